The average Bonchev–Trinajstić information content (AvgIpc) is 2.64. The summed E-state index contributed by atoms with van der Waals surface area (Å²) in [5, 5.41) is 9.75. The van der Waals surface area contributed by atoms with Crippen LogP contribution in [-0.4, -0.2) is 25.1 Å². The van der Waals surface area contributed by atoms with Crippen LogP contribution in [0, 0.1) is 11.3 Å². The van der Waals surface area contributed by atoms with Gasteiger partial charge in [0.05, 0.1) is 18.6 Å². The molecular formula is C20H23ClN2O. The molecule has 0 unspecified atom stereocenters. The second kappa shape index (κ2) is 8.19. The molecule has 1 aliphatic rings. The SMILES string of the molecule is COc1ccc(CN2CCC(C#N)(c3ccccc3)CC2)cc1.Cl. The van der Waals surface area contributed by atoms with Crippen LogP contribution >= 0.6 is 12.4 Å². The third-order valence-electron chi connectivity index (χ3n) is 4.82. The second-order valence-electron chi connectivity index (χ2n) is 6.18. The van der Waals surface area contributed by atoms with Crippen molar-refractivity contribution >= 4 is 12.4 Å². The molecule has 1 fully saturated rings. The van der Waals surface area contributed by atoms with Gasteiger partial charge in [-0.05, 0) is 36.1 Å². The zero-order chi connectivity index (χ0) is 16.1. The van der Waals surface area contributed by atoms with Gasteiger partial charge in [0.1, 0.15) is 5.75 Å². The molecule has 0 aliphatic carbocycles. The van der Waals surface area contributed by atoms with Gasteiger partial charge in [-0.25, -0.2) is 0 Å². The third-order valence-corrected chi connectivity index (χ3v) is 4.82. The first-order valence-electron chi connectivity index (χ1n) is 8.08. The molecule has 0 atom stereocenters. The lowest BCUT2D eigenvalue weighted by atomic mass is 9.74. The Morgan fingerprint density at radius 2 is 1.67 bits per heavy atom. The highest BCUT2D eigenvalue weighted by Gasteiger charge is 2.36. The van der Waals surface area contributed by atoms with Gasteiger partial charge in [0.15, 0.2) is 0 Å². The summed E-state index contributed by atoms with van der Waals surface area (Å²) >= 11 is 0. The van der Waals surface area contributed by atoms with E-state index in [9.17, 15) is 5.26 Å². The van der Waals surface area contributed by atoms with Gasteiger partial charge in [-0.15, -0.1) is 12.4 Å². The lowest BCUT2D eigenvalue weighted by Gasteiger charge is -2.37. The Morgan fingerprint density at radius 3 is 2.21 bits per heavy atom. The Balaban J connectivity index is 0.00000208. The van der Waals surface area contributed by atoms with E-state index in [2.05, 4.69) is 35.2 Å². The van der Waals surface area contributed by atoms with E-state index in [1.165, 1.54) is 5.56 Å². The summed E-state index contributed by atoms with van der Waals surface area (Å²) in [5.74, 6) is 0.889. The first-order chi connectivity index (χ1) is 11.3. The van der Waals surface area contributed by atoms with E-state index in [1.807, 2.05) is 30.3 Å². The van der Waals surface area contributed by atoms with Crippen LogP contribution in [0.25, 0.3) is 0 Å². The van der Waals surface area contributed by atoms with Crippen LogP contribution in [0.5, 0.6) is 5.75 Å². The molecule has 1 aliphatic heterocycles. The zero-order valence-electron chi connectivity index (χ0n) is 13.9. The predicted molar refractivity (Wildman–Crippen MR) is 98.5 cm³/mol. The number of piperidine rings is 1. The molecule has 0 amide bonds. The third kappa shape index (κ3) is 3.90. The maximum atomic E-state index is 9.75. The molecule has 4 heteroatoms. The van der Waals surface area contributed by atoms with Gasteiger partial charge in [-0.3, -0.25) is 4.90 Å². The van der Waals surface area contributed by atoms with Crippen LogP contribution in [0.2, 0.25) is 0 Å². The summed E-state index contributed by atoms with van der Waals surface area (Å²) in [7, 11) is 1.69. The van der Waals surface area contributed by atoms with Gasteiger partial charge in [-0.1, -0.05) is 42.5 Å². The normalized spacial score (nSPS) is 16.7. The number of halogens is 1. The van der Waals surface area contributed by atoms with Crippen molar-refractivity contribution in [2.75, 3.05) is 20.2 Å². The van der Waals surface area contributed by atoms with E-state index in [0.29, 0.717) is 0 Å². The Kier molecular flexibility index (Phi) is 6.25. The van der Waals surface area contributed by atoms with E-state index in [0.717, 1.165) is 43.8 Å². The number of hydrogen-bond donors (Lipinski definition) is 0. The van der Waals surface area contributed by atoms with Gasteiger partial charge < -0.3 is 4.74 Å². The summed E-state index contributed by atoms with van der Waals surface area (Å²) in [6.45, 7) is 2.84. The first-order valence-corrected chi connectivity index (χ1v) is 8.08. The average molecular weight is 343 g/mol. The Morgan fingerprint density at radius 1 is 1.04 bits per heavy atom. The van der Waals surface area contributed by atoms with Crippen LogP contribution in [0.3, 0.4) is 0 Å². The van der Waals surface area contributed by atoms with Crippen LogP contribution in [0.4, 0.5) is 0 Å². The smallest absolute Gasteiger partial charge is 0.118 e. The monoisotopic (exact) mass is 342 g/mol. The maximum Gasteiger partial charge on any atom is 0.118 e. The fraction of sp³-hybridized carbons (Fsp3) is 0.350. The van der Waals surface area contributed by atoms with E-state index < -0.39 is 0 Å². The largest absolute Gasteiger partial charge is 0.497 e. The summed E-state index contributed by atoms with van der Waals surface area (Å²) in [5.41, 5.74) is 2.12. The van der Waals surface area contributed by atoms with E-state index in [4.69, 9.17) is 4.74 Å². The van der Waals surface area contributed by atoms with Crippen molar-refractivity contribution < 1.29 is 4.74 Å². The van der Waals surface area contributed by atoms with E-state index >= 15 is 0 Å². The lowest BCUT2D eigenvalue weighted by molar-refractivity contribution is 0.179. The minimum atomic E-state index is -0.322. The van der Waals surface area contributed by atoms with E-state index in [1.54, 1.807) is 7.11 Å². The van der Waals surface area contributed by atoms with Crippen molar-refractivity contribution in [1.82, 2.24) is 4.90 Å². The first kappa shape index (κ1) is 18.3. The van der Waals surface area contributed by atoms with Crippen molar-refractivity contribution in [2.45, 2.75) is 24.8 Å². The van der Waals surface area contributed by atoms with Gasteiger partial charge in [0.2, 0.25) is 0 Å². The highest BCUT2D eigenvalue weighted by atomic mass is 35.5. The van der Waals surface area contributed by atoms with Crippen LogP contribution in [0.1, 0.15) is 24.0 Å². The quantitative estimate of drug-likeness (QED) is 0.836. The van der Waals surface area contributed by atoms with Gasteiger partial charge >= 0.3 is 0 Å². The number of rotatable bonds is 4. The molecule has 126 valence electrons. The molecule has 0 aromatic heterocycles. The number of methoxy groups -OCH3 is 1. The van der Waals surface area contributed by atoms with Crippen molar-refractivity contribution in [1.29, 1.82) is 5.26 Å². The summed E-state index contributed by atoms with van der Waals surface area (Å²) < 4.78 is 5.20. The summed E-state index contributed by atoms with van der Waals surface area (Å²) in [6, 6.07) is 21.1. The van der Waals surface area contributed by atoms with Crippen molar-refractivity contribution in [3.63, 3.8) is 0 Å². The molecule has 0 saturated carbocycles. The van der Waals surface area contributed by atoms with Crippen LogP contribution < -0.4 is 4.74 Å². The van der Waals surface area contributed by atoms with Gasteiger partial charge in [-0.2, -0.15) is 5.26 Å². The topological polar surface area (TPSA) is 36.3 Å². The van der Waals surface area contributed by atoms with E-state index in [-0.39, 0.29) is 17.8 Å². The molecule has 0 bridgehead atoms. The molecule has 3 nitrogen and oxygen atoms in total. The number of ether oxygens (including phenoxy) is 1. The number of nitriles is 1. The van der Waals surface area contributed by atoms with Crippen LogP contribution in [-0.2, 0) is 12.0 Å². The minimum Gasteiger partial charge on any atom is -0.497 e. The number of hydrogen-bond acceptors (Lipinski definition) is 3. The van der Waals surface area contributed by atoms with Crippen molar-refractivity contribution in [2.24, 2.45) is 0 Å². The Hall–Kier alpha value is -2.02. The molecule has 3 rings (SSSR count). The lowest BCUT2D eigenvalue weighted by Crippen LogP contribution is -2.41. The van der Waals surface area contributed by atoms with Gasteiger partial charge in [0, 0.05) is 19.6 Å². The molecule has 0 radical (unpaired) electrons. The second-order valence-corrected chi connectivity index (χ2v) is 6.18. The highest BCUT2D eigenvalue weighted by Crippen LogP contribution is 2.35. The number of benzene rings is 2. The summed E-state index contributed by atoms with van der Waals surface area (Å²) in [4.78, 5) is 2.43. The molecule has 2 aromatic carbocycles. The minimum absolute atomic E-state index is 0. The Labute approximate surface area is 150 Å². The number of nitrogens with zero attached hydrogens (tertiary/aromatic N) is 2. The zero-order valence-corrected chi connectivity index (χ0v) is 14.8. The molecule has 24 heavy (non-hydrogen) atoms. The predicted octanol–water partition coefficient (Wildman–Crippen LogP) is 4.17. The van der Waals surface area contributed by atoms with Crippen LogP contribution in [0.15, 0.2) is 54.6 Å². The van der Waals surface area contributed by atoms with Crippen molar-refractivity contribution in [3.05, 3.63) is 65.7 Å². The molecule has 1 heterocycles. The Bertz CT molecular complexity index is 671. The molecule has 2 aromatic rings. The fourth-order valence-corrected chi connectivity index (χ4v) is 3.30. The van der Waals surface area contributed by atoms with Crippen molar-refractivity contribution in [3.8, 4) is 11.8 Å². The van der Waals surface area contributed by atoms with Gasteiger partial charge in [0.25, 0.3) is 0 Å². The highest BCUT2D eigenvalue weighted by molar-refractivity contribution is 5.85. The number of likely N-dealkylation sites (tertiary alicyclic amines) is 1. The molecule has 1 saturated heterocycles. The molecule has 0 N–H and O–H groups in total. The maximum absolute atomic E-state index is 9.75. The standard InChI is InChI=1S/C20H22N2O.ClH/c1-23-19-9-7-17(8-10-19)15-22-13-11-20(16-21,12-14-22)18-5-3-2-4-6-18;/h2-10H,11-15H2,1H3;1H. The molecule has 0 spiro atoms. The summed E-state index contributed by atoms with van der Waals surface area (Å²) in [6.07, 6.45) is 1.79. The fourth-order valence-electron chi connectivity index (χ4n) is 3.30. The molecular weight excluding hydrogens is 320 g/mol.